The third-order valence-electron chi connectivity index (χ3n) is 4.15. The fourth-order valence-electron chi connectivity index (χ4n) is 2.80. The number of benzene rings is 1. The molecular weight excluding hydrogens is 389 g/mol. The molecule has 3 rings (SSSR count). The molecule has 2 heterocycles. The molecule has 144 valence electrons. The lowest BCUT2D eigenvalue weighted by atomic mass is 10.2. The molecule has 2 N–H and O–H groups in total. The van der Waals surface area contributed by atoms with E-state index in [2.05, 4.69) is 25.5 Å². The number of amides is 2. The van der Waals surface area contributed by atoms with E-state index >= 15 is 0 Å². The van der Waals surface area contributed by atoms with Crippen molar-refractivity contribution in [2.24, 2.45) is 0 Å². The smallest absolute Gasteiger partial charge is 0.315 e. The van der Waals surface area contributed by atoms with Gasteiger partial charge in [0.2, 0.25) is 0 Å². The highest BCUT2D eigenvalue weighted by Crippen LogP contribution is 2.23. The Balaban J connectivity index is 1.41. The normalized spacial score (nSPS) is 17.5. The maximum absolute atomic E-state index is 11.9. The van der Waals surface area contributed by atoms with Crippen LogP contribution >= 0.6 is 23.2 Å². The zero-order valence-corrected chi connectivity index (χ0v) is 16.2. The standard InChI is InChI=1S/C18H21Cl2N5O2/c19-16-2-1-13(7-17(16)20)11-25-5-6-27-15(12-25)10-24-18(26)23-9-14-8-21-3-4-22-14/h1-4,7-8,15H,5-6,9-12H2,(H2,23,24,26). The van der Waals surface area contributed by atoms with E-state index in [9.17, 15) is 4.79 Å². The minimum absolute atomic E-state index is 0.0659. The number of aromatic nitrogens is 2. The number of carbonyl (C=O) groups is 1. The van der Waals surface area contributed by atoms with Gasteiger partial charge in [0.25, 0.3) is 0 Å². The number of urea groups is 1. The number of morpholine rings is 1. The number of halogens is 2. The van der Waals surface area contributed by atoms with Crippen molar-refractivity contribution >= 4 is 29.2 Å². The molecule has 0 saturated carbocycles. The lowest BCUT2D eigenvalue weighted by molar-refractivity contribution is -0.0287. The largest absolute Gasteiger partial charge is 0.374 e. The molecule has 7 nitrogen and oxygen atoms in total. The molecule has 1 atom stereocenters. The van der Waals surface area contributed by atoms with Crippen LogP contribution in [0.15, 0.2) is 36.8 Å². The van der Waals surface area contributed by atoms with E-state index in [1.54, 1.807) is 24.7 Å². The van der Waals surface area contributed by atoms with Gasteiger partial charge in [-0.2, -0.15) is 0 Å². The summed E-state index contributed by atoms with van der Waals surface area (Å²) in [6.45, 7) is 3.70. The Kier molecular flexibility index (Phi) is 7.23. The van der Waals surface area contributed by atoms with Gasteiger partial charge in [0.1, 0.15) is 0 Å². The number of ether oxygens (including phenoxy) is 1. The monoisotopic (exact) mass is 409 g/mol. The Morgan fingerprint density at radius 1 is 1.26 bits per heavy atom. The highest BCUT2D eigenvalue weighted by Gasteiger charge is 2.21. The van der Waals surface area contributed by atoms with Gasteiger partial charge in [0.05, 0.1) is 41.2 Å². The molecule has 2 aromatic rings. The van der Waals surface area contributed by atoms with Crippen LogP contribution in [-0.4, -0.2) is 53.2 Å². The first kappa shape index (κ1) is 19.8. The molecular formula is C18H21Cl2N5O2. The molecule has 27 heavy (non-hydrogen) atoms. The van der Waals surface area contributed by atoms with Gasteiger partial charge in [0.15, 0.2) is 0 Å². The SMILES string of the molecule is O=C(NCc1cnccn1)NCC1CN(Cc2ccc(Cl)c(Cl)c2)CCO1. The van der Waals surface area contributed by atoms with Gasteiger partial charge in [-0.15, -0.1) is 0 Å². The minimum Gasteiger partial charge on any atom is -0.374 e. The summed E-state index contributed by atoms with van der Waals surface area (Å²) in [4.78, 5) is 22.3. The number of rotatable bonds is 6. The van der Waals surface area contributed by atoms with E-state index in [0.717, 1.165) is 25.2 Å². The average molecular weight is 410 g/mol. The van der Waals surface area contributed by atoms with E-state index in [0.29, 0.717) is 35.4 Å². The van der Waals surface area contributed by atoms with Crippen LogP contribution in [0.2, 0.25) is 10.0 Å². The summed E-state index contributed by atoms with van der Waals surface area (Å²) >= 11 is 12.0. The van der Waals surface area contributed by atoms with Gasteiger partial charge in [-0.1, -0.05) is 29.3 Å². The lowest BCUT2D eigenvalue weighted by Crippen LogP contribution is -2.48. The number of hydrogen-bond donors (Lipinski definition) is 2. The number of nitrogens with one attached hydrogen (secondary N) is 2. The van der Waals surface area contributed by atoms with Crippen LogP contribution in [0.25, 0.3) is 0 Å². The van der Waals surface area contributed by atoms with Crippen molar-refractivity contribution in [1.29, 1.82) is 0 Å². The Labute approximate surface area is 168 Å². The summed E-state index contributed by atoms with van der Waals surface area (Å²) in [6.07, 6.45) is 4.73. The first-order valence-electron chi connectivity index (χ1n) is 8.64. The molecule has 9 heteroatoms. The van der Waals surface area contributed by atoms with E-state index < -0.39 is 0 Å². The van der Waals surface area contributed by atoms with Crippen LogP contribution in [-0.2, 0) is 17.8 Å². The van der Waals surface area contributed by atoms with Crippen LogP contribution in [0.5, 0.6) is 0 Å². The predicted octanol–water partition coefficient (Wildman–Crippen LogP) is 2.48. The van der Waals surface area contributed by atoms with Gasteiger partial charge in [-0.25, -0.2) is 4.79 Å². The van der Waals surface area contributed by atoms with Crippen LogP contribution < -0.4 is 10.6 Å². The van der Waals surface area contributed by atoms with Crippen molar-refractivity contribution in [3.63, 3.8) is 0 Å². The summed E-state index contributed by atoms with van der Waals surface area (Å²) in [5.74, 6) is 0. The van der Waals surface area contributed by atoms with Crippen LogP contribution in [0.3, 0.4) is 0 Å². The van der Waals surface area contributed by atoms with Crippen LogP contribution in [0, 0.1) is 0 Å². The fourth-order valence-corrected chi connectivity index (χ4v) is 3.13. The molecule has 1 fully saturated rings. The second-order valence-corrected chi connectivity index (χ2v) is 7.05. The average Bonchev–Trinajstić information content (AvgIpc) is 2.69. The second-order valence-electron chi connectivity index (χ2n) is 6.24. The van der Waals surface area contributed by atoms with Crippen molar-refractivity contribution < 1.29 is 9.53 Å². The molecule has 0 bridgehead atoms. The second kappa shape index (κ2) is 9.85. The van der Waals surface area contributed by atoms with E-state index in [-0.39, 0.29) is 12.1 Å². The predicted molar refractivity (Wildman–Crippen MR) is 104 cm³/mol. The topological polar surface area (TPSA) is 79.4 Å². The lowest BCUT2D eigenvalue weighted by Gasteiger charge is -2.33. The molecule has 1 aliphatic heterocycles. The molecule has 1 aromatic carbocycles. The van der Waals surface area contributed by atoms with Crippen molar-refractivity contribution in [2.75, 3.05) is 26.2 Å². The highest BCUT2D eigenvalue weighted by atomic mass is 35.5. The Bertz CT molecular complexity index is 763. The van der Waals surface area contributed by atoms with Gasteiger partial charge in [0, 0.05) is 38.6 Å². The zero-order chi connectivity index (χ0) is 19.1. The van der Waals surface area contributed by atoms with Gasteiger partial charge in [-0.3, -0.25) is 14.9 Å². The highest BCUT2D eigenvalue weighted by molar-refractivity contribution is 6.42. The Morgan fingerprint density at radius 3 is 2.93 bits per heavy atom. The first-order valence-corrected chi connectivity index (χ1v) is 9.40. The summed E-state index contributed by atoms with van der Waals surface area (Å²) in [5.41, 5.74) is 1.80. The summed E-state index contributed by atoms with van der Waals surface area (Å²) in [5, 5.41) is 6.70. The summed E-state index contributed by atoms with van der Waals surface area (Å²) in [6, 6.07) is 5.40. The van der Waals surface area contributed by atoms with E-state index in [4.69, 9.17) is 27.9 Å². The molecule has 2 amide bonds. The van der Waals surface area contributed by atoms with Crippen molar-refractivity contribution in [3.05, 3.63) is 58.1 Å². The van der Waals surface area contributed by atoms with E-state index in [1.165, 1.54) is 0 Å². The summed E-state index contributed by atoms with van der Waals surface area (Å²) in [7, 11) is 0. The molecule has 1 aromatic heterocycles. The fraction of sp³-hybridized carbons (Fsp3) is 0.389. The first-order chi connectivity index (χ1) is 13.1. The molecule has 0 spiro atoms. The van der Waals surface area contributed by atoms with Crippen LogP contribution in [0.1, 0.15) is 11.3 Å². The maximum atomic E-state index is 11.9. The number of nitrogens with zero attached hydrogens (tertiary/aromatic N) is 3. The number of hydrogen-bond acceptors (Lipinski definition) is 5. The van der Waals surface area contributed by atoms with Crippen molar-refractivity contribution in [1.82, 2.24) is 25.5 Å². The Morgan fingerprint density at radius 2 is 2.15 bits per heavy atom. The van der Waals surface area contributed by atoms with Crippen molar-refractivity contribution in [2.45, 2.75) is 19.2 Å². The van der Waals surface area contributed by atoms with Gasteiger partial charge in [-0.05, 0) is 17.7 Å². The number of carbonyl (C=O) groups excluding carboxylic acids is 1. The molecule has 1 aliphatic rings. The summed E-state index contributed by atoms with van der Waals surface area (Å²) < 4.78 is 5.75. The Hall–Kier alpha value is -1.93. The van der Waals surface area contributed by atoms with Crippen molar-refractivity contribution in [3.8, 4) is 0 Å². The van der Waals surface area contributed by atoms with Gasteiger partial charge >= 0.3 is 6.03 Å². The molecule has 1 unspecified atom stereocenters. The molecule has 1 saturated heterocycles. The van der Waals surface area contributed by atoms with Crippen LogP contribution in [0.4, 0.5) is 4.79 Å². The van der Waals surface area contributed by atoms with E-state index in [1.807, 2.05) is 12.1 Å². The minimum atomic E-state index is -0.258. The third-order valence-corrected chi connectivity index (χ3v) is 4.89. The molecule has 0 radical (unpaired) electrons. The molecule has 0 aliphatic carbocycles. The van der Waals surface area contributed by atoms with Gasteiger partial charge < -0.3 is 15.4 Å². The quantitative estimate of drug-likeness (QED) is 0.765. The third kappa shape index (κ3) is 6.32. The maximum Gasteiger partial charge on any atom is 0.315 e. The zero-order valence-electron chi connectivity index (χ0n) is 14.7.